The van der Waals surface area contributed by atoms with Gasteiger partial charge in [-0.25, -0.2) is 0 Å². The molecule has 0 spiro atoms. The molecule has 4 heteroatoms. The van der Waals surface area contributed by atoms with Gasteiger partial charge in [-0.1, -0.05) is 19.1 Å². The van der Waals surface area contributed by atoms with Crippen LogP contribution >= 0.6 is 12.4 Å². The zero-order valence-electron chi connectivity index (χ0n) is 8.99. The van der Waals surface area contributed by atoms with E-state index in [0.29, 0.717) is 0 Å². The van der Waals surface area contributed by atoms with Gasteiger partial charge >= 0.3 is 0 Å². The molecule has 15 heavy (non-hydrogen) atoms. The number of hydrogen-bond acceptors (Lipinski definition) is 2. The lowest BCUT2D eigenvalue weighted by Crippen LogP contribution is -2.09. The van der Waals surface area contributed by atoms with Crippen molar-refractivity contribution < 1.29 is 4.79 Å². The number of carbonyl (C=O) groups excluding carboxylic acids is 1. The second kappa shape index (κ2) is 6.43. The van der Waals surface area contributed by atoms with Crippen molar-refractivity contribution in [1.29, 1.82) is 0 Å². The first-order chi connectivity index (χ1) is 6.63. The number of amides is 1. The molecule has 0 aliphatic rings. The summed E-state index contributed by atoms with van der Waals surface area (Å²) in [5, 5.41) is 2.71. The number of nitrogens with two attached hydrogens (primary N) is 1. The Morgan fingerprint density at radius 3 is 2.33 bits per heavy atom. The number of halogens is 1. The van der Waals surface area contributed by atoms with Gasteiger partial charge in [0.1, 0.15) is 0 Å². The molecule has 1 aromatic carbocycles. The van der Waals surface area contributed by atoms with Gasteiger partial charge in [0.25, 0.3) is 0 Å². The van der Waals surface area contributed by atoms with E-state index < -0.39 is 0 Å². The van der Waals surface area contributed by atoms with E-state index in [-0.39, 0.29) is 24.4 Å². The van der Waals surface area contributed by atoms with Crippen LogP contribution in [0.1, 0.15) is 31.9 Å². The van der Waals surface area contributed by atoms with Gasteiger partial charge in [0.2, 0.25) is 5.91 Å². The lowest BCUT2D eigenvalue weighted by atomic mass is 10.1. The topological polar surface area (TPSA) is 55.1 Å². The zero-order chi connectivity index (χ0) is 10.6. The van der Waals surface area contributed by atoms with Crippen molar-refractivity contribution in [3.8, 4) is 0 Å². The molecule has 0 fully saturated rings. The monoisotopic (exact) mass is 228 g/mol. The third kappa shape index (κ3) is 4.32. The van der Waals surface area contributed by atoms with E-state index in [4.69, 9.17) is 5.73 Å². The fourth-order valence-electron chi connectivity index (χ4n) is 1.25. The minimum Gasteiger partial charge on any atom is -0.326 e. The van der Waals surface area contributed by atoms with E-state index >= 15 is 0 Å². The maximum absolute atomic E-state index is 10.8. The van der Waals surface area contributed by atoms with Gasteiger partial charge < -0.3 is 11.1 Å². The maximum Gasteiger partial charge on any atom is 0.221 e. The Kier molecular flexibility index (Phi) is 5.97. The van der Waals surface area contributed by atoms with E-state index in [1.54, 1.807) is 0 Å². The molecule has 0 radical (unpaired) electrons. The number of carbonyl (C=O) groups is 1. The van der Waals surface area contributed by atoms with E-state index in [2.05, 4.69) is 5.32 Å². The normalized spacial score (nSPS) is 11.4. The molecule has 0 heterocycles. The summed E-state index contributed by atoms with van der Waals surface area (Å²) in [4.78, 5) is 10.8. The lowest BCUT2D eigenvalue weighted by molar-refractivity contribution is -0.114. The molecular formula is C11H17ClN2O. The number of benzene rings is 1. The van der Waals surface area contributed by atoms with Gasteiger partial charge in [-0.2, -0.15) is 0 Å². The number of rotatable bonds is 3. The summed E-state index contributed by atoms with van der Waals surface area (Å²) < 4.78 is 0. The van der Waals surface area contributed by atoms with Crippen LogP contribution in [0.25, 0.3) is 0 Å². The van der Waals surface area contributed by atoms with Gasteiger partial charge in [0, 0.05) is 18.7 Å². The summed E-state index contributed by atoms with van der Waals surface area (Å²) in [6, 6.07) is 7.71. The molecule has 3 N–H and O–H groups in total. The van der Waals surface area contributed by atoms with Crippen LogP contribution in [0.5, 0.6) is 0 Å². The van der Waals surface area contributed by atoms with Gasteiger partial charge in [-0.05, 0) is 24.1 Å². The molecule has 0 saturated heterocycles. The number of nitrogens with one attached hydrogen (secondary N) is 1. The standard InChI is InChI=1S/C11H16N2O.ClH/c1-3-11(12)9-4-6-10(7-5-9)13-8(2)14;/h4-7,11H,3,12H2,1-2H3,(H,13,14);1H/t11-;/m1./s1. The van der Waals surface area contributed by atoms with Crippen LogP contribution in [-0.2, 0) is 4.79 Å². The highest BCUT2D eigenvalue weighted by molar-refractivity contribution is 5.88. The summed E-state index contributed by atoms with van der Waals surface area (Å²) in [7, 11) is 0. The van der Waals surface area contributed by atoms with Gasteiger partial charge in [0.05, 0.1) is 0 Å². The zero-order valence-corrected chi connectivity index (χ0v) is 9.80. The maximum atomic E-state index is 10.8. The Morgan fingerprint density at radius 1 is 1.40 bits per heavy atom. The van der Waals surface area contributed by atoms with Crippen molar-refractivity contribution in [3.63, 3.8) is 0 Å². The van der Waals surface area contributed by atoms with E-state index in [1.165, 1.54) is 6.92 Å². The Labute approximate surface area is 96.5 Å². The molecule has 84 valence electrons. The molecule has 1 aromatic rings. The second-order valence-corrected chi connectivity index (χ2v) is 3.32. The minimum atomic E-state index is -0.0578. The van der Waals surface area contributed by atoms with Crippen molar-refractivity contribution >= 4 is 24.0 Å². The van der Waals surface area contributed by atoms with Crippen molar-refractivity contribution in [3.05, 3.63) is 29.8 Å². The summed E-state index contributed by atoms with van der Waals surface area (Å²) in [5.41, 5.74) is 7.77. The van der Waals surface area contributed by atoms with Crippen LogP contribution in [0, 0.1) is 0 Å². The van der Waals surface area contributed by atoms with E-state index in [1.807, 2.05) is 31.2 Å². The molecule has 0 bridgehead atoms. The smallest absolute Gasteiger partial charge is 0.221 e. The highest BCUT2D eigenvalue weighted by Gasteiger charge is 2.02. The molecule has 0 aliphatic heterocycles. The van der Waals surface area contributed by atoms with Gasteiger partial charge in [0.15, 0.2) is 0 Å². The summed E-state index contributed by atoms with van der Waals surface area (Å²) in [5.74, 6) is -0.0578. The largest absolute Gasteiger partial charge is 0.326 e. The van der Waals surface area contributed by atoms with E-state index in [9.17, 15) is 4.79 Å². The first-order valence-electron chi connectivity index (χ1n) is 4.76. The Balaban J connectivity index is 0.00000196. The van der Waals surface area contributed by atoms with Gasteiger partial charge in [-0.15, -0.1) is 12.4 Å². The Bertz CT molecular complexity index is 311. The molecule has 1 amide bonds. The highest BCUT2D eigenvalue weighted by atomic mass is 35.5. The third-order valence-electron chi connectivity index (χ3n) is 2.10. The minimum absolute atomic E-state index is 0. The van der Waals surface area contributed by atoms with Gasteiger partial charge in [-0.3, -0.25) is 4.79 Å². The number of hydrogen-bond donors (Lipinski definition) is 2. The van der Waals surface area contributed by atoms with Crippen LogP contribution in [0.15, 0.2) is 24.3 Å². The Hall–Kier alpha value is -1.06. The summed E-state index contributed by atoms with van der Waals surface area (Å²) in [6.45, 7) is 3.54. The lowest BCUT2D eigenvalue weighted by Gasteiger charge is -2.09. The van der Waals surface area contributed by atoms with E-state index in [0.717, 1.165) is 17.7 Å². The van der Waals surface area contributed by atoms with Crippen LogP contribution in [0.3, 0.4) is 0 Å². The predicted molar refractivity (Wildman–Crippen MR) is 65.2 cm³/mol. The average molecular weight is 229 g/mol. The summed E-state index contributed by atoms with van der Waals surface area (Å²) in [6.07, 6.45) is 0.916. The van der Waals surface area contributed by atoms with Crippen LogP contribution in [-0.4, -0.2) is 5.91 Å². The Morgan fingerprint density at radius 2 is 1.93 bits per heavy atom. The molecule has 1 atom stereocenters. The highest BCUT2D eigenvalue weighted by Crippen LogP contribution is 2.16. The number of anilines is 1. The average Bonchev–Trinajstić information content (AvgIpc) is 2.17. The fourth-order valence-corrected chi connectivity index (χ4v) is 1.25. The van der Waals surface area contributed by atoms with Crippen LogP contribution in [0.2, 0.25) is 0 Å². The van der Waals surface area contributed by atoms with Crippen molar-refractivity contribution in [2.45, 2.75) is 26.3 Å². The molecule has 0 aliphatic carbocycles. The first-order valence-corrected chi connectivity index (χ1v) is 4.76. The predicted octanol–water partition coefficient (Wildman–Crippen LogP) is 2.48. The van der Waals surface area contributed by atoms with Crippen molar-refractivity contribution in [1.82, 2.24) is 0 Å². The summed E-state index contributed by atoms with van der Waals surface area (Å²) >= 11 is 0. The second-order valence-electron chi connectivity index (χ2n) is 3.32. The molecule has 0 unspecified atom stereocenters. The first kappa shape index (κ1) is 13.9. The molecule has 1 rings (SSSR count). The molecule has 3 nitrogen and oxygen atoms in total. The van der Waals surface area contributed by atoms with Crippen molar-refractivity contribution in [2.75, 3.05) is 5.32 Å². The third-order valence-corrected chi connectivity index (χ3v) is 2.10. The van der Waals surface area contributed by atoms with Crippen LogP contribution < -0.4 is 11.1 Å². The van der Waals surface area contributed by atoms with Crippen molar-refractivity contribution in [2.24, 2.45) is 5.73 Å². The SMILES string of the molecule is CC[C@@H](N)c1ccc(NC(C)=O)cc1.Cl. The molecular weight excluding hydrogens is 212 g/mol. The fraction of sp³-hybridized carbons (Fsp3) is 0.364. The quantitative estimate of drug-likeness (QED) is 0.835. The van der Waals surface area contributed by atoms with Crippen LogP contribution in [0.4, 0.5) is 5.69 Å². The molecule has 0 aromatic heterocycles. The molecule has 0 saturated carbocycles.